The van der Waals surface area contributed by atoms with Crippen LogP contribution in [0.5, 0.6) is 0 Å². The second-order valence-corrected chi connectivity index (χ2v) is 6.82. The van der Waals surface area contributed by atoms with Gasteiger partial charge >= 0.3 is 5.97 Å². The summed E-state index contributed by atoms with van der Waals surface area (Å²) in [6.07, 6.45) is 0. The maximum atomic E-state index is 13.7. The number of hydrogen-bond donors (Lipinski definition) is 1. The van der Waals surface area contributed by atoms with Crippen molar-refractivity contribution in [1.82, 2.24) is 4.98 Å². The van der Waals surface area contributed by atoms with Crippen LogP contribution < -0.4 is 0 Å². The summed E-state index contributed by atoms with van der Waals surface area (Å²) in [4.78, 5) is 16.5. The molecule has 0 aliphatic carbocycles. The summed E-state index contributed by atoms with van der Waals surface area (Å²) in [5.74, 6) is -1.57. The molecule has 0 amide bonds. The van der Waals surface area contributed by atoms with Gasteiger partial charge in [-0.25, -0.2) is 14.2 Å². The molecule has 4 rings (SSSR count). The van der Waals surface area contributed by atoms with Crippen molar-refractivity contribution >= 4 is 16.9 Å². The molecule has 3 nitrogen and oxygen atoms in total. The van der Waals surface area contributed by atoms with Gasteiger partial charge in [0, 0.05) is 10.9 Å². The summed E-state index contributed by atoms with van der Waals surface area (Å²) in [5.41, 5.74) is 5.90. The van der Waals surface area contributed by atoms with E-state index < -0.39 is 11.8 Å². The standard InChI is InChI=1S/C24H18FNO2/c1-14-5-3-4-6-19(14)16-7-9-17(10-8-16)23-15(2)22(24(27)28)20-13-18(25)11-12-21(20)26-23/h3-13H,1-2H3,(H,27,28). The number of carboxylic acid groups (broad SMARTS) is 1. The van der Waals surface area contributed by atoms with Gasteiger partial charge in [0.1, 0.15) is 5.82 Å². The molecule has 0 unspecified atom stereocenters. The highest BCUT2D eigenvalue weighted by molar-refractivity contribution is 6.05. The van der Waals surface area contributed by atoms with Crippen molar-refractivity contribution in [2.45, 2.75) is 13.8 Å². The molecule has 3 aromatic carbocycles. The van der Waals surface area contributed by atoms with E-state index in [0.29, 0.717) is 22.2 Å². The number of rotatable bonds is 3. The third kappa shape index (κ3) is 3.03. The first kappa shape index (κ1) is 17.9. The molecule has 0 saturated heterocycles. The average Bonchev–Trinajstić information content (AvgIpc) is 2.68. The number of hydrogen-bond acceptors (Lipinski definition) is 2. The van der Waals surface area contributed by atoms with Crippen LogP contribution in [0, 0.1) is 19.7 Å². The zero-order valence-electron chi connectivity index (χ0n) is 15.5. The van der Waals surface area contributed by atoms with Crippen LogP contribution in [0.25, 0.3) is 33.3 Å². The molecule has 4 heteroatoms. The fraction of sp³-hybridized carbons (Fsp3) is 0.0833. The van der Waals surface area contributed by atoms with Crippen LogP contribution in [0.2, 0.25) is 0 Å². The molecular formula is C24H18FNO2. The number of aryl methyl sites for hydroxylation is 1. The van der Waals surface area contributed by atoms with Gasteiger partial charge < -0.3 is 5.11 Å². The number of carboxylic acids is 1. The zero-order chi connectivity index (χ0) is 19.8. The molecule has 0 aliphatic rings. The van der Waals surface area contributed by atoms with E-state index in [-0.39, 0.29) is 5.56 Å². The van der Waals surface area contributed by atoms with Crippen LogP contribution in [0.3, 0.4) is 0 Å². The maximum Gasteiger partial charge on any atom is 0.336 e. The first-order valence-electron chi connectivity index (χ1n) is 8.95. The number of aromatic carboxylic acids is 1. The Labute approximate surface area is 162 Å². The van der Waals surface area contributed by atoms with Crippen molar-refractivity contribution in [2.75, 3.05) is 0 Å². The van der Waals surface area contributed by atoms with Crippen molar-refractivity contribution in [2.24, 2.45) is 0 Å². The summed E-state index contributed by atoms with van der Waals surface area (Å²) < 4.78 is 13.7. The Hall–Kier alpha value is -3.53. The van der Waals surface area contributed by atoms with Gasteiger partial charge in [0.15, 0.2) is 0 Å². The smallest absolute Gasteiger partial charge is 0.336 e. The lowest BCUT2D eigenvalue weighted by molar-refractivity contribution is 0.0698. The molecule has 138 valence electrons. The number of nitrogens with zero attached hydrogens (tertiary/aromatic N) is 1. The van der Waals surface area contributed by atoms with Crippen LogP contribution in [-0.2, 0) is 0 Å². The first-order chi connectivity index (χ1) is 13.5. The second kappa shape index (κ2) is 6.89. The monoisotopic (exact) mass is 371 g/mol. The summed E-state index contributed by atoms with van der Waals surface area (Å²) in [6, 6.07) is 20.1. The maximum absolute atomic E-state index is 13.7. The number of benzene rings is 3. The third-order valence-corrected chi connectivity index (χ3v) is 5.02. The molecule has 4 aromatic rings. The van der Waals surface area contributed by atoms with Gasteiger partial charge in [0.05, 0.1) is 16.8 Å². The topological polar surface area (TPSA) is 50.2 Å². The number of aromatic nitrogens is 1. The van der Waals surface area contributed by atoms with Crippen molar-refractivity contribution in [1.29, 1.82) is 0 Å². The van der Waals surface area contributed by atoms with Crippen molar-refractivity contribution in [3.63, 3.8) is 0 Å². The largest absolute Gasteiger partial charge is 0.478 e. The molecule has 0 bridgehead atoms. The molecule has 0 spiro atoms. The molecule has 0 saturated carbocycles. The van der Waals surface area contributed by atoms with Gasteiger partial charge in [0.2, 0.25) is 0 Å². The number of carbonyl (C=O) groups is 1. The van der Waals surface area contributed by atoms with E-state index in [1.807, 2.05) is 36.4 Å². The predicted molar refractivity (Wildman–Crippen MR) is 109 cm³/mol. The highest BCUT2D eigenvalue weighted by Gasteiger charge is 2.19. The first-order valence-corrected chi connectivity index (χ1v) is 8.95. The van der Waals surface area contributed by atoms with Crippen molar-refractivity contribution in [3.05, 3.63) is 89.2 Å². The van der Waals surface area contributed by atoms with Crippen LogP contribution in [0.1, 0.15) is 21.5 Å². The molecule has 0 fully saturated rings. The molecule has 1 aromatic heterocycles. The third-order valence-electron chi connectivity index (χ3n) is 5.02. The lowest BCUT2D eigenvalue weighted by Gasteiger charge is -2.13. The van der Waals surface area contributed by atoms with E-state index in [2.05, 4.69) is 24.0 Å². The molecular weight excluding hydrogens is 353 g/mol. The fourth-order valence-electron chi connectivity index (χ4n) is 3.59. The number of pyridine rings is 1. The van der Waals surface area contributed by atoms with E-state index in [1.54, 1.807) is 6.92 Å². The van der Waals surface area contributed by atoms with E-state index in [0.717, 1.165) is 16.7 Å². The van der Waals surface area contributed by atoms with Crippen LogP contribution in [0.4, 0.5) is 4.39 Å². The van der Waals surface area contributed by atoms with Gasteiger partial charge in [0.25, 0.3) is 0 Å². The minimum atomic E-state index is -1.09. The number of halogens is 1. The Morgan fingerprint density at radius 1 is 0.929 bits per heavy atom. The Balaban J connectivity index is 1.88. The fourth-order valence-corrected chi connectivity index (χ4v) is 3.59. The normalized spacial score (nSPS) is 11.0. The summed E-state index contributed by atoms with van der Waals surface area (Å²) in [7, 11) is 0. The molecule has 0 atom stereocenters. The lowest BCUT2D eigenvalue weighted by atomic mass is 9.95. The van der Waals surface area contributed by atoms with Gasteiger partial charge in [-0.3, -0.25) is 0 Å². The van der Waals surface area contributed by atoms with Crippen LogP contribution in [-0.4, -0.2) is 16.1 Å². The molecule has 1 heterocycles. The lowest BCUT2D eigenvalue weighted by Crippen LogP contribution is -2.05. The average molecular weight is 371 g/mol. The predicted octanol–water partition coefficient (Wildman–Crippen LogP) is 6.02. The highest BCUT2D eigenvalue weighted by atomic mass is 19.1. The van der Waals surface area contributed by atoms with Crippen LogP contribution in [0.15, 0.2) is 66.7 Å². The summed E-state index contributed by atoms with van der Waals surface area (Å²) in [5, 5.41) is 10.0. The minimum absolute atomic E-state index is 0.0856. The van der Waals surface area contributed by atoms with E-state index in [4.69, 9.17) is 0 Å². The van der Waals surface area contributed by atoms with Gasteiger partial charge in [-0.2, -0.15) is 0 Å². The summed E-state index contributed by atoms with van der Waals surface area (Å²) >= 11 is 0. The van der Waals surface area contributed by atoms with E-state index >= 15 is 0 Å². The molecule has 28 heavy (non-hydrogen) atoms. The van der Waals surface area contributed by atoms with Crippen LogP contribution >= 0.6 is 0 Å². The Bertz CT molecular complexity index is 1210. The Kier molecular flexibility index (Phi) is 4.40. The highest BCUT2D eigenvalue weighted by Crippen LogP contribution is 2.32. The van der Waals surface area contributed by atoms with Gasteiger partial charge in [-0.15, -0.1) is 0 Å². The van der Waals surface area contributed by atoms with Gasteiger partial charge in [-0.1, -0.05) is 48.5 Å². The van der Waals surface area contributed by atoms with Crippen molar-refractivity contribution in [3.8, 4) is 22.4 Å². The molecule has 1 N–H and O–H groups in total. The molecule has 0 radical (unpaired) electrons. The van der Waals surface area contributed by atoms with Gasteiger partial charge in [-0.05, 0) is 54.3 Å². The summed E-state index contributed by atoms with van der Waals surface area (Å²) in [6.45, 7) is 3.78. The van der Waals surface area contributed by atoms with Crippen molar-refractivity contribution < 1.29 is 14.3 Å². The zero-order valence-corrected chi connectivity index (χ0v) is 15.5. The second-order valence-electron chi connectivity index (χ2n) is 6.82. The quantitative estimate of drug-likeness (QED) is 0.479. The van der Waals surface area contributed by atoms with E-state index in [1.165, 1.54) is 23.8 Å². The van der Waals surface area contributed by atoms with E-state index in [9.17, 15) is 14.3 Å². The number of fused-ring (bicyclic) bond motifs is 1. The SMILES string of the molecule is Cc1ccccc1-c1ccc(-c2nc3ccc(F)cc3c(C(=O)O)c2C)cc1. The Morgan fingerprint density at radius 3 is 2.29 bits per heavy atom. The molecule has 0 aliphatic heterocycles. The Morgan fingerprint density at radius 2 is 1.61 bits per heavy atom. The minimum Gasteiger partial charge on any atom is -0.478 e.